The van der Waals surface area contributed by atoms with Crippen LogP contribution in [-0.2, 0) is 17.6 Å². The van der Waals surface area contributed by atoms with Crippen LogP contribution in [0, 0.1) is 6.92 Å². The average molecular weight is 269 g/mol. The van der Waals surface area contributed by atoms with E-state index in [1.54, 1.807) is 0 Å². The molecule has 1 unspecified atom stereocenters. The molecular formula is C16H19N3O. The van der Waals surface area contributed by atoms with Crippen LogP contribution in [0.4, 0.5) is 0 Å². The highest BCUT2D eigenvalue weighted by Crippen LogP contribution is 2.32. The molecule has 1 fully saturated rings. The van der Waals surface area contributed by atoms with E-state index in [0.29, 0.717) is 0 Å². The Morgan fingerprint density at radius 3 is 3.05 bits per heavy atom. The second kappa shape index (κ2) is 4.70. The van der Waals surface area contributed by atoms with Gasteiger partial charge in [-0.3, -0.25) is 0 Å². The predicted molar refractivity (Wildman–Crippen MR) is 76.0 cm³/mol. The summed E-state index contributed by atoms with van der Waals surface area (Å²) < 4.78 is 7.83. The molecular weight excluding hydrogens is 250 g/mol. The smallest absolute Gasteiger partial charge is 0.161 e. The van der Waals surface area contributed by atoms with Crippen molar-refractivity contribution in [3.8, 4) is 5.69 Å². The maximum Gasteiger partial charge on any atom is 0.161 e. The standard InChI is InChI=1S/C16H19N3O/c1-11-17-16(15-9-4-10-20-15)19(18-11)14-8-3-6-12-5-2-7-13(12)14/h3,6,8,15H,2,4-5,7,9-10H2,1H3. The third-order valence-electron chi connectivity index (χ3n) is 4.31. The van der Waals surface area contributed by atoms with Crippen molar-refractivity contribution in [3.63, 3.8) is 0 Å². The molecule has 1 aliphatic heterocycles. The normalized spacial score (nSPS) is 21.4. The maximum absolute atomic E-state index is 5.81. The second-order valence-corrected chi connectivity index (χ2v) is 5.70. The van der Waals surface area contributed by atoms with Crippen LogP contribution < -0.4 is 0 Å². The Morgan fingerprint density at radius 2 is 2.20 bits per heavy atom. The van der Waals surface area contributed by atoms with E-state index in [4.69, 9.17) is 4.74 Å². The summed E-state index contributed by atoms with van der Waals surface area (Å²) in [5, 5.41) is 4.63. The molecule has 1 aromatic heterocycles. The molecule has 4 rings (SSSR count). The van der Waals surface area contributed by atoms with Gasteiger partial charge in [0.05, 0.1) is 5.69 Å². The van der Waals surface area contributed by atoms with Gasteiger partial charge < -0.3 is 4.74 Å². The van der Waals surface area contributed by atoms with Crippen LogP contribution in [0.15, 0.2) is 18.2 Å². The highest BCUT2D eigenvalue weighted by atomic mass is 16.5. The van der Waals surface area contributed by atoms with E-state index < -0.39 is 0 Å². The zero-order valence-electron chi connectivity index (χ0n) is 11.8. The largest absolute Gasteiger partial charge is 0.370 e. The van der Waals surface area contributed by atoms with E-state index >= 15 is 0 Å². The quantitative estimate of drug-likeness (QED) is 0.841. The zero-order valence-corrected chi connectivity index (χ0v) is 11.8. The van der Waals surface area contributed by atoms with Crippen LogP contribution in [-0.4, -0.2) is 21.4 Å². The monoisotopic (exact) mass is 269 g/mol. The fourth-order valence-electron chi connectivity index (χ4n) is 3.40. The summed E-state index contributed by atoms with van der Waals surface area (Å²) in [5.41, 5.74) is 4.11. The molecule has 0 amide bonds. The number of hydrogen-bond donors (Lipinski definition) is 0. The van der Waals surface area contributed by atoms with Crippen molar-refractivity contribution in [3.05, 3.63) is 41.0 Å². The Hall–Kier alpha value is -1.68. The third-order valence-corrected chi connectivity index (χ3v) is 4.31. The highest BCUT2D eigenvalue weighted by molar-refractivity contribution is 5.48. The number of aryl methyl sites for hydroxylation is 2. The Labute approximate surface area is 118 Å². The first-order valence-corrected chi connectivity index (χ1v) is 7.49. The lowest BCUT2D eigenvalue weighted by molar-refractivity contribution is 0.103. The molecule has 20 heavy (non-hydrogen) atoms. The van der Waals surface area contributed by atoms with Crippen molar-refractivity contribution >= 4 is 0 Å². The van der Waals surface area contributed by atoms with E-state index in [-0.39, 0.29) is 6.10 Å². The summed E-state index contributed by atoms with van der Waals surface area (Å²) >= 11 is 0. The minimum atomic E-state index is 0.105. The molecule has 1 aromatic carbocycles. The minimum absolute atomic E-state index is 0.105. The van der Waals surface area contributed by atoms with Gasteiger partial charge in [-0.15, -0.1) is 0 Å². The molecule has 2 heterocycles. The van der Waals surface area contributed by atoms with Crippen LogP contribution in [0.1, 0.15) is 48.1 Å². The Bertz CT molecular complexity index is 641. The van der Waals surface area contributed by atoms with Gasteiger partial charge in [0.15, 0.2) is 5.82 Å². The molecule has 4 nitrogen and oxygen atoms in total. The Kier molecular flexibility index (Phi) is 2.84. The number of fused-ring (bicyclic) bond motifs is 1. The van der Waals surface area contributed by atoms with Crippen molar-refractivity contribution in [2.24, 2.45) is 0 Å². The number of aromatic nitrogens is 3. The second-order valence-electron chi connectivity index (χ2n) is 5.70. The highest BCUT2D eigenvalue weighted by Gasteiger charge is 2.26. The van der Waals surface area contributed by atoms with E-state index in [1.165, 1.54) is 29.7 Å². The van der Waals surface area contributed by atoms with Gasteiger partial charge >= 0.3 is 0 Å². The van der Waals surface area contributed by atoms with Gasteiger partial charge in [0.25, 0.3) is 0 Å². The first kappa shape index (κ1) is 12.1. The van der Waals surface area contributed by atoms with Gasteiger partial charge in [0.1, 0.15) is 11.9 Å². The van der Waals surface area contributed by atoms with Crippen molar-refractivity contribution < 1.29 is 4.74 Å². The Balaban J connectivity index is 1.84. The Morgan fingerprint density at radius 1 is 1.25 bits per heavy atom. The van der Waals surface area contributed by atoms with Gasteiger partial charge in [-0.05, 0) is 56.2 Å². The topological polar surface area (TPSA) is 39.9 Å². The molecule has 1 atom stereocenters. The SMILES string of the molecule is Cc1nc(C2CCCO2)n(-c2cccc3c2CCC3)n1. The summed E-state index contributed by atoms with van der Waals surface area (Å²) in [4.78, 5) is 4.62. The molecule has 0 spiro atoms. The van der Waals surface area contributed by atoms with Crippen molar-refractivity contribution in [2.75, 3.05) is 6.61 Å². The minimum Gasteiger partial charge on any atom is -0.370 e. The number of hydrogen-bond acceptors (Lipinski definition) is 3. The predicted octanol–water partition coefficient (Wildman–Crippen LogP) is 2.92. The fraction of sp³-hybridized carbons (Fsp3) is 0.500. The molecule has 0 bridgehead atoms. The molecule has 1 aliphatic carbocycles. The van der Waals surface area contributed by atoms with Gasteiger partial charge in [-0.2, -0.15) is 5.10 Å². The maximum atomic E-state index is 5.81. The van der Waals surface area contributed by atoms with Crippen LogP contribution in [0.3, 0.4) is 0 Å². The van der Waals surface area contributed by atoms with Crippen LogP contribution in [0.25, 0.3) is 5.69 Å². The van der Waals surface area contributed by atoms with Crippen LogP contribution in [0.5, 0.6) is 0 Å². The molecule has 4 heteroatoms. The van der Waals surface area contributed by atoms with E-state index in [9.17, 15) is 0 Å². The lowest BCUT2D eigenvalue weighted by Crippen LogP contribution is -2.10. The first-order chi connectivity index (χ1) is 9.83. The lowest BCUT2D eigenvalue weighted by atomic mass is 10.1. The van der Waals surface area contributed by atoms with E-state index in [0.717, 1.165) is 37.5 Å². The number of ether oxygens (including phenoxy) is 1. The molecule has 104 valence electrons. The average Bonchev–Trinajstić information content (AvgIpc) is 3.17. The summed E-state index contributed by atoms with van der Waals surface area (Å²) in [6.07, 6.45) is 5.85. The molecule has 2 aliphatic rings. The van der Waals surface area contributed by atoms with Gasteiger partial charge in [0, 0.05) is 6.61 Å². The van der Waals surface area contributed by atoms with E-state index in [2.05, 4.69) is 28.3 Å². The molecule has 0 saturated carbocycles. The third kappa shape index (κ3) is 1.86. The molecule has 2 aromatic rings. The number of nitrogens with zero attached hydrogens (tertiary/aromatic N) is 3. The van der Waals surface area contributed by atoms with Crippen molar-refractivity contribution in [2.45, 2.75) is 45.1 Å². The van der Waals surface area contributed by atoms with Gasteiger partial charge in [-0.1, -0.05) is 12.1 Å². The molecule has 1 saturated heterocycles. The summed E-state index contributed by atoms with van der Waals surface area (Å²) in [7, 11) is 0. The van der Waals surface area contributed by atoms with E-state index in [1.807, 2.05) is 11.6 Å². The first-order valence-electron chi connectivity index (χ1n) is 7.49. The van der Waals surface area contributed by atoms with Crippen molar-refractivity contribution in [1.82, 2.24) is 14.8 Å². The van der Waals surface area contributed by atoms with Crippen molar-refractivity contribution in [1.29, 1.82) is 0 Å². The molecule has 0 N–H and O–H groups in total. The fourth-order valence-corrected chi connectivity index (χ4v) is 3.40. The summed E-state index contributed by atoms with van der Waals surface area (Å²) in [6, 6.07) is 6.54. The summed E-state index contributed by atoms with van der Waals surface area (Å²) in [5.74, 6) is 1.80. The van der Waals surface area contributed by atoms with Gasteiger partial charge in [-0.25, -0.2) is 9.67 Å². The number of rotatable bonds is 2. The van der Waals surface area contributed by atoms with Crippen LogP contribution in [0.2, 0.25) is 0 Å². The zero-order chi connectivity index (χ0) is 13.5. The molecule has 0 radical (unpaired) electrons. The van der Waals surface area contributed by atoms with Gasteiger partial charge in [0.2, 0.25) is 0 Å². The number of benzene rings is 1. The van der Waals surface area contributed by atoms with Crippen LogP contribution >= 0.6 is 0 Å². The lowest BCUT2D eigenvalue weighted by Gasteiger charge is -2.14. The summed E-state index contributed by atoms with van der Waals surface area (Å²) in [6.45, 7) is 2.79.